The molecule has 2 aromatic carbocycles. The summed E-state index contributed by atoms with van der Waals surface area (Å²) in [5.41, 5.74) is 4.52. The lowest BCUT2D eigenvalue weighted by Gasteiger charge is -2.40. The predicted molar refractivity (Wildman–Crippen MR) is 140 cm³/mol. The van der Waals surface area contributed by atoms with Crippen LogP contribution in [0.4, 0.5) is 0 Å². The topological polar surface area (TPSA) is 118 Å². The first-order chi connectivity index (χ1) is 17.7. The quantitative estimate of drug-likeness (QED) is 0.370. The molecule has 0 spiro atoms. The van der Waals surface area contributed by atoms with Crippen molar-refractivity contribution in [1.29, 1.82) is 0 Å². The molecule has 2 atom stereocenters. The van der Waals surface area contributed by atoms with Crippen LogP contribution in [-0.4, -0.2) is 59.1 Å². The van der Waals surface area contributed by atoms with Crippen molar-refractivity contribution in [2.75, 3.05) is 19.9 Å². The molecular weight excluding hydrogens is 492 g/mol. The molecule has 2 N–H and O–H groups in total. The van der Waals surface area contributed by atoms with E-state index in [0.717, 1.165) is 46.3 Å². The van der Waals surface area contributed by atoms with Crippen molar-refractivity contribution in [3.05, 3.63) is 77.2 Å². The highest BCUT2D eigenvalue weighted by atomic mass is 32.2. The first-order valence-corrected chi connectivity index (χ1v) is 14.0. The van der Waals surface area contributed by atoms with Crippen LogP contribution < -0.4 is 4.74 Å². The molecule has 37 heavy (non-hydrogen) atoms. The van der Waals surface area contributed by atoms with Crippen molar-refractivity contribution < 1.29 is 23.1 Å². The summed E-state index contributed by atoms with van der Waals surface area (Å²) in [5, 5.41) is 14.8. The molecule has 2 aromatic heterocycles. The number of hydrogen-bond donors (Lipinski definition) is 2. The van der Waals surface area contributed by atoms with E-state index in [9.17, 15) is 18.3 Å². The number of aryl methyl sites for hydroxylation is 1. The van der Waals surface area contributed by atoms with E-state index in [-0.39, 0.29) is 22.5 Å². The number of rotatable bonds is 7. The van der Waals surface area contributed by atoms with Gasteiger partial charge in [0.25, 0.3) is 0 Å². The number of aromatic amines is 1. The summed E-state index contributed by atoms with van der Waals surface area (Å²) in [7, 11) is -1.66. The summed E-state index contributed by atoms with van der Waals surface area (Å²) in [6.45, 7) is 3.44. The number of ether oxygens (including phenoxy) is 1. The van der Waals surface area contributed by atoms with E-state index in [2.05, 4.69) is 28.0 Å². The second-order valence-electron chi connectivity index (χ2n) is 9.66. The van der Waals surface area contributed by atoms with Gasteiger partial charge in [0.05, 0.1) is 24.9 Å². The van der Waals surface area contributed by atoms with Crippen LogP contribution in [0.2, 0.25) is 0 Å². The van der Waals surface area contributed by atoms with Crippen LogP contribution in [0.25, 0.3) is 10.9 Å². The smallest absolute Gasteiger partial charge is 0.335 e. The standard InChI is InChI=1S/C27H30N4O5S/c1-17-12-25(36-2)23(22-8-10-28-26(17)22)16-30-11-9-20(31-15-21(14-29-31)37(3,34)35)13-24(30)18-4-6-19(7-5-18)27(32)33/h4-8,10,12,14-15,20,24,28H,9,11,13,16H2,1-3H3,(H,32,33)/t20-,24-/m1/s1. The number of fused-ring (bicyclic) bond motifs is 1. The van der Waals surface area contributed by atoms with Gasteiger partial charge < -0.3 is 14.8 Å². The number of hydrogen-bond acceptors (Lipinski definition) is 6. The van der Waals surface area contributed by atoms with Crippen molar-refractivity contribution in [1.82, 2.24) is 19.7 Å². The molecule has 1 saturated heterocycles. The second-order valence-corrected chi connectivity index (χ2v) is 11.7. The van der Waals surface area contributed by atoms with E-state index in [0.29, 0.717) is 13.0 Å². The highest BCUT2D eigenvalue weighted by Crippen LogP contribution is 2.40. The number of sulfone groups is 1. The Morgan fingerprint density at radius 2 is 2.00 bits per heavy atom. The van der Waals surface area contributed by atoms with E-state index < -0.39 is 15.8 Å². The van der Waals surface area contributed by atoms with Crippen molar-refractivity contribution in [2.24, 2.45) is 0 Å². The molecule has 194 valence electrons. The number of benzene rings is 2. The Morgan fingerprint density at radius 3 is 2.65 bits per heavy atom. The minimum absolute atomic E-state index is 0.00286. The van der Waals surface area contributed by atoms with Crippen LogP contribution in [0.15, 0.2) is 59.9 Å². The summed E-state index contributed by atoms with van der Waals surface area (Å²) in [6.07, 6.45) is 7.61. The van der Waals surface area contributed by atoms with Gasteiger partial charge in [-0.05, 0) is 55.2 Å². The number of aromatic nitrogens is 3. The number of methoxy groups -OCH3 is 1. The van der Waals surface area contributed by atoms with Crippen LogP contribution in [0, 0.1) is 6.92 Å². The molecule has 0 aliphatic carbocycles. The van der Waals surface area contributed by atoms with Gasteiger partial charge in [0.2, 0.25) is 0 Å². The highest BCUT2D eigenvalue weighted by Gasteiger charge is 2.32. The fourth-order valence-corrected chi connectivity index (χ4v) is 5.85. The van der Waals surface area contributed by atoms with Gasteiger partial charge in [0.1, 0.15) is 10.6 Å². The van der Waals surface area contributed by atoms with Crippen molar-refractivity contribution in [2.45, 2.75) is 43.3 Å². The third-order valence-electron chi connectivity index (χ3n) is 7.30. The highest BCUT2D eigenvalue weighted by molar-refractivity contribution is 7.90. The zero-order valence-electron chi connectivity index (χ0n) is 21.0. The maximum absolute atomic E-state index is 12.0. The molecule has 0 unspecified atom stereocenters. The zero-order valence-corrected chi connectivity index (χ0v) is 21.8. The van der Waals surface area contributed by atoms with Gasteiger partial charge in [-0.1, -0.05) is 12.1 Å². The predicted octanol–water partition coefficient (Wildman–Crippen LogP) is 4.36. The van der Waals surface area contributed by atoms with Gasteiger partial charge >= 0.3 is 5.97 Å². The Kier molecular flexibility index (Phi) is 6.55. The molecular formula is C27H30N4O5S. The molecule has 0 amide bonds. The fourth-order valence-electron chi connectivity index (χ4n) is 5.32. The second kappa shape index (κ2) is 9.68. The summed E-state index contributed by atoms with van der Waals surface area (Å²) in [6, 6.07) is 11.1. The Labute approximate surface area is 215 Å². The number of nitrogens with zero attached hydrogens (tertiary/aromatic N) is 3. The van der Waals surface area contributed by atoms with Crippen molar-refractivity contribution in [3.8, 4) is 5.75 Å². The lowest BCUT2D eigenvalue weighted by molar-refractivity contribution is 0.0696. The molecule has 9 nitrogen and oxygen atoms in total. The number of aromatic carboxylic acids is 1. The van der Waals surface area contributed by atoms with Gasteiger partial charge in [-0.2, -0.15) is 5.10 Å². The van der Waals surface area contributed by atoms with Crippen LogP contribution in [-0.2, 0) is 16.4 Å². The molecule has 0 saturated carbocycles. The van der Waals surface area contributed by atoms with Crippen LogP contribution >= 0.6 is 0 Å². The molecule has 1 fully saturated rings. The molecule has 5 rings (SSSR count). The van der Waals surface area contributed by atoms with Crippen molar-refractivity contribution >= 4 is 26.7 Å². The van der Waals surface area contributed by atoms with E-state index in [1.54, 1.807) is 30.1 Å². The van der Waals surface area contributed by atoms with Crippen molar-refractivity contribution in [3.63, 3.8) is 0 Å². The Bertz CT molecular complexity index is 1560. The zero-order chi connectivity index (χ0) is 26.3. The summed E-state index contributed by atoms with van der Waals surface area (Å²) in [5.74, 6) is -0.134. The normalized spacial score (nSPS) is 18.8. The number of carbonyl (C=O) groups is 1. The first-order valence-electron chi connectivity index (χ1n) is 12.1. The van der Waals surface area contributed by atoms with E-state index >= 15 is 0 Å². The molecule has 1 aliphatic heterocycles. The Hall–Kier alpha value is -3.63. The number of carboxylic acid groups (broad SMARTS) is 1. The van der Waals surface area contributed by atoms with E-state index in [1.165, 1.54) is 12.5 Å². The summed E-state index contributed by atoms with van der Waals surface area (Å²) < 4.78 is 31.5. The summed E-state index contributed by atoms with van der Waals surface area (Å²) >= 11 is 0. The number of piperidine rings is 1. The lowest BCUT2D eigenvalue weighted by Crippen LogP contribution is -2.37. The van der Waals surface area contributed by atoms with Gasteiger partial charge in [-0.15, -0.1) is 0 Å². The van der Waals surface area contributed by atoms with E-state index in [1.807, 2.05) is 24.4 Å². The maximum atomic E-state index is 12.0. The van der Waals surface area contributed by atoms with Crippen LogP contribution in [0.3, 0.4) is 0 Å². The molecule has 1 aliphatic rings. The van der Waals surface area contributed by atoms with Crippen LogP contribution in [0.5, 0.6) is 5.75 Å². The Balaban J connectivity index is 1.51. The molecule has 3 heterocycles. The minimum Gasteiger partial charge on any atom is -0.496 e. The fraction of sp³-hybridized carbons (Fsp3) is 0.333. The molecule has 0 bridgehead atoms. The maximum Gasteiger partial charge on any atom is 0.335 e. The van der Waals surface area contributed by atoms with Gasteiger partial charge in [0.15, 0.2) is 9.84 Å². The third-order valence-corrected chi connectivity index (χ3v) is 8.37. The Morgan fingerprint density at radius 1 is 1.24 bits per heavy atom. The monoisotopic (exact) mass is 522 g/mol. The minimum atomic E-state index is -3.34. The summed E-state index contributed by atoms with van der Waals surface area (Å²) in [4.78, 5) is 17.3. The average Bonchev–Trinajstić information content (AvgIpc) is 3.56. The number of H-pyrrole nitrogens is 1. The van der Waals surface area contributed by atoms with E-state index in [4.69, 9.17) is 4.74 Å². The SMILES string of the molecule is COc1cc(C)c2[nH]ccc2c1CN1CC[C@@H](n2cc(S(C)(=O)=O)cn2)C[C@@H]1c1ccc(C(=O)O)cc1. The van der Waals surface area contributed by atoms with Crippen LogP contribution in [0.1, 0.15) is 52.0 Å². The largest absolute Gasteiger partial charge is 0.496 e. The average molecular weight is 523 g/mol. The lowest BCUT2D eigenvalue weighted by atomic mass is 9.90. The molecule has 0 radical (unpaired) electrons. The first kappa shape index (κ1) is 25.0. The van der Waals surface area contributed by atoms with Gasteiger partial charge in [0, 0.05) is 54.2 Å². The number of likely N-dealkylation sites (tertiary alicyclic amines) is 1. The molecule has 4 aromatic rings. The molecule has 10 heteroatoms. The van der Waals surface area contributed by atoms with Gasteiger partial charge in [-0.3, -0.25) is 9.58 Å². The number of carboxylic acids is 1. The number of nitrogens with one attached hydrogen (secondary N) is 1. The third kappa shape index (κ3) is 4.86. The van der Waals surface area contributed by atoms with Gasteiger partial charge in [-0.25, -0.2) is 13.2 Å².